The number of para-hydroxylation sites is 1. The van der Waals surface area contributed by atoms with Crippen LogP contribution in [0.2, 0.25) is 0 Å². The van der Waals surface area contributed by atoms with E-state index in [1.807, 2.05) is 24.8 Å². The van der Waals surface area contributed by atoms with E-state index in [4.69, 9.17) is 10.5 Å². The topological polar surface area (TPSA) is 67.5 Å². The number of halogens is 1. The predicted molar refractivity (Wildman–Crippen MR) is 93.0 cm³/mol. The van der Waals surface area contributed by atoms with Gasteiger partial charge in [-0.25, -0.2) is 9.37 Å². The quantitative estimate of drug-likeness (QED) is 0.927. The second-order valence-electron chi connectivity index (χ2n) is 6.01. The molecular weight excluding hydrogens is 309 g/mol. The minimum atomic E-state index is -0.194. The van der Waals surface area contributed by atoms with Gasteiger partial charge in [-0.15, -0.1) is 0 Å². The van der Waals surface area contributed by atoms with E-state index < -0.39 is 0 Å². The second kappa shape index (κ2) is 6.90. The van der Waals surface area contributed by atoms with E-state index in [0.29, 0.717) is 49.3 Å². The van der Waals surface area contributed by atoms with Crippen LogP contribution in [0, 0.1) is 5.82 Å². The van der Waals surface area contributed by atoms with Crippen molar-refractivity contribution in [3.8, 4) is 5.88 Å². The Bertz CT molecular complexity index is 701. The van der Waals surface area contributed by atoms with Crippen molar-refractivity contribution in [1.29, 1.82) is 0 Å². The summed E-state index contributed by atoms with van der Waals surface area (Å²) in [6, 6.07) is 6.84. The van der Waals surface area contributed by atoms with Crippen LogP contribution >= 0.6 is 0 Å². The first-order valence-electron chi connectivity index (χ1n) is 8.08. The number of nitrogens with zero attached hydrogens (tertiary/aromatic N) is 4. The van der Waals surface area contributed by atoms with Crippen molar-refractivity contribution in [3.63, 3.8) is 0 Å². The molecule has 24 heavy (non-hydrogen) atoms. The van der Waals surface area contributed by atoms with E-state index in [9.17, 15) is 4.39 Å². The van der Waals surface area contributed by atoms with Gasteiger partial charge in [-0.05, 0) is 26.0 Å². The Hall–Kier alpha value is -2.57. The Morgan fingerprint density at radius 2 is 1.75 bits per heavy atom. The van der Waals surface area contributed by atoms with Gasteiger partial charge < -0.3 is 20.3 Å². The van der Waals surface area contributed by atoms with Crippen LogP contribution in [0.4, 0.5) is 21.6 Å². The molecule has 1 aromatic heterocycles. The largest absolute Gasteiger partial charge is 0.473 e. The Balaban J connectivity index is 1.72. The van der Waals surface area contributed by atoms with Crippen molar-refractivity contribution in [3.05, 3.63) is 36.4 Å². The van der Waals surface area contributed by atoms with Gasteiger partial charge in [-0.3, -0.25) is 0 Å². The molecule has 0 unspecified atom stereocenters. The van der Waals surface area contributed by atoms with Crippen molar-refractivity contribution < 1.29 is 9.13 Å². The Morgan fingerprint density at radius 1 is 1.08 bits per heavy atom. The maximum absolute atomic E-state index is 13.9. The molecule has 1 aliphatic rings. The van der Waals surface area contributed by atoms with Crippen LogP contribution in [0.3, 0.4) is 0 Å². The van der Waals surface area contributed by atoms with E-state index in [1.165, 1.54) is 12.4 Å². The number of nitrogens with two attached hydrogens (primary N) is 1. The molecule has 6 nitrogen and oxygen atoms in total. The summed E-state index contributed by atoms with van der Waals surface area (Å²) in [6.45, 7) is 6.66. The third-order valence-electron chi connectivity index (χ3n) is 3.95. The lowest BCUT2D eigenvalue weighted by molar-refractivity contribution is 0.234. The number of anilines is 3. The third kappa shape index (κ3) is 3.34. The van der Waals surface area contributed by atoms with Gasteiger partial charge in [-0.2, -0.15) is 4.98 Å². The van der Waals surface area contributed by atoms with Crippen molar-refractivity contribution in [2.75, 3.05) is 41.7 Å². The van der Waals surface area contributed by atoms with Gasteiger partial charge >= 0.3 is 0 Å². The summed E-state index contributed by atoms with van der Waals surface area (Å²) in [4.78, 5) is 12.5. The summed E-state index contributed by atoms with van der Waals surface area (Å²) in [5.74, 6) is 0.889. The van der Waals surface area contributed by atoms with Gasteiger partial charge in [-0.1, -0.05) is 12.1 Å². The van der Waals surface area contributed by atoms with Crippen LogP contribution in [0.15, 0.2) is 30.6 Å². The van der Waals surface area contributed by atoms with Crippen LogP contribution in [0.25, 0.3) is 0 Å². The lowest BCUT2D eigenvalue weighted by atomic mass is 10.2. The zero-order valence-corrected chi connectivity index (χ0v) is 13.9. The van der Waals surface area contributed by atoms with Crippen molar-refractivity contribution in [2.24, 2.45) is 0 Å². The van der Waals surface area contributed by atoms with Crippen LogP contribution in [0.5, 0.6) is 5.88 Å². The van der Waals surface area contributed by atoms with Crippen molar-refractivity contribution >= 4 is 17.2 Å². The number of benzene rings is 1. The highest BCUT2D eigenvalue weighted by Gasteiger charge is 2.23. The van der Waals surface area contributed by atoms with Gasteiger partial charge in [0.15, 0.2) is 5.82 Å². The van der Waals surface area contributed by atoms with Crippen LogP contribution in [-0.2, 0) is 0 Å². The van der Waals surface area contributed by atoms with Gasteiger partial charge in [0.25, 0.3) is 0 Å². The zero-order chi connectivity index (χ0) is 17.1. The molecule has 2 N–H and O–H groups in total. The van der Waals surface area contributed by atoms with Crippen LogP contribution in [0.1, 0.15) is 13.8 Å². The molecule has 1 saturated heterocycles. The number of hydrogen-bond donors (Lipinski definition) is 1. The fraction of sp³-hybridized carbons (Fsp3) is 0.412. The molecule has 0 radical (unpaired) electrons. The fourth-order valence-electron chi connectivity index (χ4n) is 2.81. The number of aromatic nitrogens is 2. The molecule has 2 heterocycles. The summed E-state index contributed by atoms with van der Waals surface area (Å²) in [5, 5.41) is 0. The summed E-state index contributed by atoms with van der Waals surface area (Å²) >= 11 is 0. The molecule has 0 bridgehead atoms. The smallest absolute Gasteiger partial charge is 0.242 e. The van der Waals surface area contributed by atoms with Gasteiger partial charge in [0, 0.05) is 26.2 Å². The average molecular weight is 331 g/mol. The standard InChI is InChI=1S/C17H22FN5O/c1-12(2)24-17-15(19)16(20-11-21-17)23-9-7-22(8-10-23)14-6-4-3-5-13(14)18/h3-6,11-12H,7-10,19H2,1-2H3. The number of piperazine rings is 1. The maximum Gasteiger partial charge on any atom is 0.242 e. The van der Waals surface area contributed by atoms with E-state index in [-0.39, 0.29) is 11.9 Å². The lowest BCUT2D eigenvalue weighted by Crippen LogP contribution is -2.47. The molecule has 0 atom stereocenters. The van der Waals surface area contributed by atoms with E-state index >= 15 is 0 Å². The zero-order valence-electron chi connectivity index (χ0n) is 13.9. The number of ether oxygens (including phenoxy) is 1. The predicted octanol–water partition coefficient (Wildman–Crippen LogP) is 2.31. The monoisotopic (exact) mass is 331 g/mol. The second-order valence-corrected chi connectivity index (χ2v) is 6.01. The first kappa shape index (κ1) is 16.3. The summed E-state index contributed by atoms with van der Waals surface area (Å²) < 4.78 is 19.5. The molecule has 0 spiro atoms. The SMILES string of the molecule is CC(C)Oc1ncnc(N2CCN(c3ccccc3F)CC2)c1N. The molecule has 1 fully saturated rings. The highest BCUT2D eigenvalue weighted by Crippen LogP contribution is 2.30. The van der Waals surface area contributed by atoms with Gasteiger partial charge in [0.2, 0.25) is 5.88 Å². The van der Waals surface area contributed by atoms with Crippen LogP contribution in [-0.4, -0.2) is 42.3 Å². The first-order chi connectivity index (χ1) is 11.6. The molecule has 0 saturated carbocycles. The number of rotatable bonds is 4. The molecule has 0 aliphatic carbocycles. The summed E-state index contributed by atoms with van der Waals surface area (Å²) in [5.41, 5.74) is 7.25. The third-order valence-corrected chi connectivity index (χ3v) is 3.95. The summed E-state index contributed by atoms with van der Waals surface area (Å²) in [6.07, 6.45) is 1.46. The normalized spacial score (nSPS) is 15.0. The van der Waals surface area contributed by atoms with E-state index in [2.05, 4.69) is 14.9 Å². The Morgan fingerprint density at radius 3 is 2.42 bits per heavy atom. The molecule has 1 aliphatic heterocycles. The first-order valence-corrected chi connectivity index (χ1v) is 8.08. The van der Waals surface area contributed by atoms with E-state index in [1.54, 1.807) is 12.1 Å². The highest BCUT2D eigenvalue weighted by molar-refractivity contribution is 5.68. The molecule has 128 valence electrons. The van der Waals surface area contributed by atoms with Crippen molar-refractivity contribution in [2.45, 2.75) is 20.0 Å². The minimum Gasteiger partial charge on any atom is -0.473 e. The molecule has 1 aromatic carbocycles. The van der Waals surface area contributed by atoms with Gasteiger partial charge in [0.1, 0.15) is 17.8 Å². The Labute approximate surface area is 141 Å². The van der Waals surface area contributed by atoms with Gasteiger partial charge in [0.05, 0.1) is 11.8 Å². The lowest BCUT2D eigenvalue weighted by Gasteiger charge is -2.37. The van der Waals surface area contributed by atoms with Crippen molar-refractivity contribution in [1.82, 2.24) is 9.97 Å². The Kier molecular flexibility index (Phi) is 4.69. The highest BCUT2D eigenvalue weighted by atomic mass is 19.1. The average Bonchev–Trinajstić information content (AvgIpc) is 2.57. The van der Waals surface area contributed by atoms with Crippen LogP contribution < -0.4 is 20.3 Å². The molecule has 3 rings (SSSR count). The number of nitrogen functional groups attached to an aromatic ring is 1. The molecular formula is C17H22FN5O. The molecule has 7 heteroatoms. The summed E-state index contributed by atoms with van der Waals surface area (Å²) in [7, 11) is 0. The molecule has 0 amide bonds. The molecule has 2 aromatic rings. The minimum absolute atomic E-state index is 0.00652. The fourth-order valence-corrected chi connectivity index (χ4v) is 2.81. The maximum atomic E-state index is 13.9. The number of hydrogen-bond acceptors (Lipinski definition) is 6. The van der Waals surface area contributed by atoms with E-state index in [0.717, 1.165) is 0 Å².